The first-order valence-electron chi connectivity index (χ1n) is 8.63. The molecule has 0 heterocycles. The molecule has 29 heavy (non-hydrogen) atoms. The van der Waals surface area contributed by atoms with Crippen molar-refractivity contribution >= 4 is 17.6 Å². The van der Waals surface area contributed by atoms with E-state index >= 15 is 0 Å². The lowest BCUT2D eigenvalue weighted by Crippen LogP contribution is -2.15. The summed E-state index contributed by atoms with van der Waals surface area (Å²) < 4.78 is 37.4. The zero-order valence-electron chi connectivity index (χ0n) is 15.4. The maximum absolute atomic E-state index is 14.2. The van der Waals surface area contributed by atoms with Crippen LogP contribution in [0.25, 0.3) is 11.1 Å². The lowest BCUT2D eigenvalue weighted by molar-refractivity contribution is -0.142. The molecule has 0 spiro atoms. The summed E-state index contributed by atoms with van der Waals surface area (Å²) in [6, 6.07) is 16.1. The van der Waals surface area contributed by atoms with Gasteiger partial charge in [0.1, 0.15) is 17.4 Å². The normalized spacial score (nSPS) is 10.3. The number of benzene rings is 3. The van der Waals surface area contributed by atoms with Crippen molar-refractivity contribution in [2.24, 2.45) is 0 Å². The predicted molar refractivity (Wildman–Crippen MR) is 104 cm³/mol. The topological polar surface area (TPSA) is 64.6 Å². The van der Waals surface area contributed by atoms with Crippen LogP contribution in [0.1, 0.15) is 10.4 Å². The molecule has 3 rings (SSSR count). The molecule has 3 aromatic carbocycles. The Balaban J connectivity index is 1.79. The van der Waals surface area contributed by atoms with Gasteiger partial charge in [-0.15, -0.1) is 0 Å². The summed E-state index contributed by atoms with van der Waals surface area (Å²) in [6.45, 7) is -0.280. The Labute approximate surface area is 165 Å². The highest BCUT2D eigenvalue weighted by atomic mass is 19.1. The fourth-order valence-electron chi connectivity index (χ4n) is 2.61. The standard InChI is InChI=1S/C22H17F2NO4/c1-28-21(26)13-29-18-7-3-6-17(12-18)25-22(27)19-11-15(8-9-20(19)24)14-4-2-5-16(23)10-14/h2-12H,13H2,1H3,(H,25,27). The lowest BCUT2D eigenvalue weighted by atomic mass is 10.0. The van der Waals surface area contributed by atoms with Crippen molar-refractivity contribution in [2.45, 2.75) is 0 Å². The van der Waals surface area contributed by atoms with E-state index in [0.29, 0.717) is 22.6 Å². The molecule has 1 N–H and O–H groups in total. The van der Waals surface area contributed by atoms with E-state index in [-0.39, 0.29) is 12.2 Å². The maximum Gasteiger partial charge on any atom is 0.343 e. The molecular weight excluding hydrogens is 380 g/mol. The van der Waals surface area contributed by atoms with Crippen LogP contribution in [0.4, 0.5) is 14.5 Å². The van der Waals surface area contributed by atoms with Crippen molar-refractivity contribution < 1.29 is 27.8 Å². The quantitative estimate of drug-likeness (QED) is 0.625. The van der Waals surface area contributed by atoms with E-state index in [0.717, 1.165) is 6.07 Å². The fraction of sp³-hybridized carbons (Fsp3) is 0.0909. The van der Waals surface area contributed by atoms with Gasteiger partial charge in [0, 0.05) is 11.8 Å². The number of carbonyl (C=O) groups is 2. The van der Waals surface area contributed by atoms with Crippen LogP contribution >= 0.6 is 0 Å². The zero-order chi connectivity index (χ0) is 20.8. The number of nitrogens with one attached hydrogen (secondary N) is 1. The van der Waals surface area contributed by atoms with Crippen molar-refractivity contribution in [2.75, 3.05) is 19.0 Å². The molecule has 3 aromatic rings. The number of rotatable bonds is 6. The largest absolute Gasteiger partial charge is 0.482 e. The lowest BCUT2D eigenvalue weighted by Gasteiger charge is -2.10. The minimum absolute atomic E-state index is 0.187. The Kier molecular flexibility index (Phi) is 6.19. The van der Waals surface area contributed by atoms with Gasteiger partial charge in [-0.05, 0) is 47.5 Å². The van der Waals surface area contributed by atoms with Gasteiger partial charge in [-0.2, -0.15) is 0 Å². The van der Waals surface area contributed by atoms with E-state index < -0.39 is 23.5 Å². The minimum Gasteiger partial charge on any atom is -0.482 e. The number of halogens is 2. The van der Waals surface area contributed by atoms with Gasteiger partial charge in [-0.3, -0.25) is 4.79 Å². The highest BCUT2D eigenvalue weighted by Gasteiger charge is 2.14. The number of hydrogen-bond acceptors (Lipinski definition) is 4. The highest BCUT2D eigenvalue weighted by molar-refractivity contribution is 6.05. The third-order valence-corrected chi connectivity index (χ3v) is 4.05. The average molecular weight is 397 g/mol. The third-order valence-electron chi connectivity index (χ3n) is 4.05. The van der Waals surface area contributed by atoms with E-state index in [9.17, 15) is 18.4 Å². The van der Waals surface area contributed by atoms with E-state index in [1.54, 1.807) is 24.3 Å². The van der Waals surface area contributed by atoms with Gasteiger partial charge in [-0.25, -0.2) is 13.6 Å². The Morgan fingerprint density at radius 2 is 1.69 bits per heavy atom. The Morgan fingerprint density at radius 3 is 2.45 bits per heavy atom. The summed E-state index contributed by atoms with van der Waals surface area (Å²) in [6.07, 6.45) is 0. The first-order valence-corrected chi connectivity index (χ1v) is 8.63. The van der Waals surface area contributed by atoms with Gasteiger partial charge in [0.2, 0.25) is 0 Å². The number of methoxy groups -OCH3 is 1. The molecule has 0 aliphatic heterocycles. The van der Waals surface area contributed by atoms with Crippen LogP contribution in [0.2, 0.25) is 0 Å². The highest BCUT2D eigenvalue weighted by Crippen LogP contribution is 2.24. The second kappa shape index (κ2) is 8.97. The molecule has 5 nitrogen and oxygen atoms in total. The van der Waals surface area contributed by atoms with Crippen molar-refractivity contribution in [1.82, 2.24) is 0 Å². The fourth-order valence-corrected chi connectivity index (χ4v) is 2.61. The average Bonchev–Trinajstić information content (AvgIpc) is 2.72. The van der Waals surface area contributed by atoms with Gasteiger partial charge in [0.05, 0.1) is 12.7 Å². The summed E-state index contributed by atoms with van der Waals surface area (Å²) in [5.41, 5.74) is 1.20. The predicted octanol–water partition coefficient (Wildman–Crippen LogP) is 4.44. The van der Waals surface area contributed by atoms with Gasteiger partial charge < -0.3 is 14.8 Å². The zero-order valence-corrected chi connectivity index (χ0v) is 15.4. The molecule has 0 atom stereocenters. The molecule has 7 heteroatoms. The molecule has 0 saturated carbocycles. The summed E-state index contributed by atoms with van der Waals surface area (Å²) in [4.78, 5) is 23.7. The molecule has 1 amide bonds. The van der Waals surface area contributed by atoms with Crippen molar-refractivity contribution in [3.8, 4) is 16.9 Å². The molecule has 0 radical (unpaired) electrons. The maximum atomic E-state index is 14.2. The number of anilines is 1. The molecule has 0 bridgehead atoms. The van der Waals surface area contributed by atoms with Crippen LogP contribution in [0, 0.1) is 11.6 Å². The number of carbonyl (C=O) groups excluding carboxylic acids is 2. The summed E-state index contributed by atoms with van der Waals surface area (Å²) in [5, 5.41) is 2.58. The van der Waals surface area contributed by atoms with Crippen LogP contribution in [-0.2, 0) is 9.53 Å². The van der Waals surface area contributed by atoms with E-state index in [1.807, 2.05) is 0 Å². The van der Waals surface area contributed by atoms with Crippen molar-refractivity contribution in [1.29, 1.82) is 0 Å². The van der Waals surface area contributed by atoms with E-state index in [2.05, 4.69) is 10.1 Å². The molecular formula is C22H17F2NO4. The molecule has 0 fully saturated rings. The Morgan fingerprint density at radius 1 is 0.931 bits per heavy atom. The SMILES string of the molecule is COC(=O)COc1cccc(NC(=O)c2cc(-c3cccc(F)c3)ccc2F)c1. The first kappa shape index (κ1) is 20.0. The van der Waals surface area contributed by atoms with Crippen LogP contribution < -0.4 is 10.1 Å². The smallest absolute Gasteiger partial charge is 0.343 e. The molecule has 148 valence electrons. The second-order valence-electron chi connectivity index (χ2n) is 6.05. The molecule has 0 unspecified atom stereocenters. The number of esters is 1. The molecule has 0 aliphatic carbocycles. The van der Waals surface area contributed by atoms with Crippen molar-refractivity contribution in [3.05, 3.63) is 83.9 Å². The van der Waals surface area contributed by atoms with Gasteiger partial charge in [0.25, 0.3) is 5.91 Å². The molecule has 0 aliphatic rings. The van der Waals surface area contributed by atoms with Crippen LogP contribution in [0.5, 0.6) is 5.75 Å². The van der Waals surface area contributed by atoms with Gasteiger partial charge >= 0.3 is 5.97 Å². The van der Waals surface area contributed by atoms with Crippen LogP contribution in [-0.4, -0.2) is 25.6 Å². The first-order chi connectivity index (χ1) is 14.0. The number of hydrogen-bond donors (Lipinski definition) is 1. The van der Waals surface area contributed by atoms with Gasteiger partial charge in [0.15, 0.2) is 6.61 Å². The van der Waals surface area contributed by atoms with Gasteiger partial charge in [-0.1, -0.05) is 24.3 Å². The van der Waals surface area contributed by atoms with E-state index in [1.165, 1.54) is 43.5 Å². The van der Waals surface area contributed by atoms with Crippen molar-refractivity contribution in [3.63, 3.8) is 0 Å². The monoisotopic (exact) mass is 397 g/mol. The van der Waals surface area contributed by atoms with Crippen LogP contribution in [0.3, 0.4) is 0 Å². The summed E-state index contributed by atoms with van der Waals surface area (Å²) >= 11 is 0. The number of ether oxygens (including phenoxy) is 2. The summed E-state index contributed by atoms with van der Waals surface area (Å²) in [5.74, 6) is -2.02. The number of amides is 1. The second-order valence-corrected chi connectivity index (χ2v) is 6.05. The van der Waals surface area contributed by atoms with E-state index in [4.69, 9.17) is 4.74 Å². The third kappa shape index (κ3) is 5.16. The molecule has 0 saturated heterocycles. The summed E-state index contributed by atoms with van der Waals surface area (Å²) in [7, 11) is 1.24. The minimum atomic E-state index is -0.708. The molecule has 0 aromatic heterocycles. The Bertz CT molecular complexity index is 1050. The Hall–Kier alpha value is -3.74. The van der Waals surface area contributed by atoms with Crippen LogP contribution in [0.15, 0.2) is 66.7 Å².